The highest BCUT2D eigenvalue weighted by Gasteiger charge is 2.10. The van der Waals surface area contributed by atoms with E-state index in [1.54, 1.807) is 11.3 Å². The van der Waals surface area contributed by atoms with Gasteiger partial charge in [-0.3, -0.25) is 0 Å². The Labute approximate surface area is 157 Å². The van der Waals surface area contributed by atoms with Crippen LogP contribution in [-0.4, -0.2) is 11.6 Å². The molecule has 0 fully saturated rings. The third-order valence-electron chi connectivity index (χ3n) is 3.20. The molecular weight excluding hydrogens is 404 g/mol. The SMILES string of the molecule is CCOc1ccc(/C=C(/C#N)c2nc(-c3cccs3)cs2)cc1Br. The van der Waals surface area contributed by atoms with Gasteiger partial charge in [0.15, 0.2) is 0 Å². The van der Waals surface area contributed by atoms with Crippen LogP contribution in [0.4, 0.5) is 0 Å². The number of allylic oxidation sites excluding steroid dienone is 1. The molecule has 120 valence electrons. The number of ether oxygens (including phenoxy) is 1. The summed E-state index contributed by atoms with van der Waals surface area (Å²) in [4.78, 5) is 5.70. The second-order valence-corrected chi connectivity index (χ2v) is 7.47. The lowest BCUT2D eigenvalue weighted by Crippen LogP contribution is -1.92. The van der Waals surface area contributed by atoms with Crippen molar-refractivity contribution in [2.45, 2.75) is 6.92 Å². The second-order valence-electron chi connectivity index (χ2n) is 4.81. The van der Waals surface area contributed by atoms with E-state index in [1.165, 1.54) is 11.3 Å². The van der Waals surface area contributed by atoms with Gasteiger partial charge in [-0.25, -0.2) is 4.98 Å². The molecule has 0 saturated heterocycles. The van der Waals surface area contributed by atoms with E-state index in [0.29, 0.717) is 12.2 Å². The highest BCUT2D eigenvalue weighted by atomic mass is 79.9. The quantitative estimate of drug-likeness (QED) is 0.472. The van der Waals surface area contributed by atoms with Crippen LogP contribution in [-0.2, 0) is 0 Å². The van der Waals surface area contributed by atoms with Crippen LogP contribution in [0.3, 0.4) is 0 Å². The molecule has 0 amide bonds. The van der Waals surface area contributed by atoms with Gasteiger partial charge in [0.05, 0.1) is 27.2 Å². The van der Waals surface area contributed by atoms with Crippen molar-refractivity contribution in [2.75, 3.05) is 6.61 Å². The zero-order chi connectivity index (χ0) is 16.9. The molecule has 0 N–H and O–H groups in total. The number of hydrogen-bond acceptors (Lipinski definition) is 5. The largest absolute Gasteiger partial charge is 0.493 e. The topological polar surface area (TPSA) is 45.9 Å². The van der Waals surface area contributed by atoms with Crippen molar-refractivity contribution < 1.29 is 4.74 Å². The highest BCUT2D eigenvalue weighted by molar-refractivity contribution is 9.10. The summed E-state index contributed by atoms with van der Waals surface area (Å²) in [5, 5.41) is 14.2. The van der Waals surface area contributed by atoms with Gasteiger partial charge >= 0.3 is 0 Å². The lowest BCUT2D eigenvalue weighted by atomic mass is 10.1. The van der Waals surface area contributed by atoms with E-state index in [2.05, 4.69) is 27.0 Å². The Morgan fingerprint density at radius 2 is 2.25 bits per heavy atom. The van der Waals surface area contributed by atoms with E-state index < -0.39 is 0 Å². The predicted molar refractivity (Wildman–Crippen MR) is 104 cm³/mol. The lowest BCUT2D eigenvalue weighted by Gasteiger charge is -2.06. The van der Waals surface area contributed by atoms with Gasteiger partial charge in [-0.2, -0.15) is 5.26 Å². The van der Waals surface area contributed by atoms with Crippen molar-refractivity contribution >= 4 is 50.3 Å². The number of benzene rings is 1. The van der Waals surface area contributed by atoms with E-state index >= 15 is 0 Å². The van der Waals surface area contributed by atoms with E-state index in [9.17, 15) is 5.26 Å². The number of aromatic nitrogens is 1. The average Bonchev–Trinajstić information content (AvgIpc) is 3.26. The molecule has 0 spiro atoms. The smallest absolute Gasteiger partial charge is 0.134 e. The first-order valence-electron chi connectivity index (χ1n) is 7.25. The first-order valence-corrected chi connectivity index (χ1v) is 9.80. The van der Waals surface area contributed by atoms with Gasteiger partial charge in [-0.15, -0.1) is 22.7 Å². The van der Waals surface area contributed by atoms with E-state index in [-0.39, 0.29) is 0 Å². The summed E-state index contributed by atoms with van der Waals surface area (Å²) >= 11 is 6.62. The maximum atomic E-state index is 9.50. The minimum atomic E-state index is 0.555. The van der Waals surface area contributed by atoms with Gasteiger partial charge in [0, 0.05) is 5.38 Å². The third-order valence-corrected chi connectivity index (χ3v) is 5.58. The molecule has 6 heteroatoms. The molecule has 3 aromatic rings. The lowest BCUT2D eigenvalue weighted by molar-refractivity contribution is 0.338. The Bertz CT molecular complexity index is 907. The van der Waals surface area contributed by atoms with Gasteiger partial charge in [0.1, 0.15) is 16.8 Å². The molecule has 0 radical (unpaired) electrons. The number of nitrogens with zero attached hydrogens (tertiary/aromatic N) is 2. The summed E-state index contributed by atoms with van der Waals surface area (Å²) in [7, 11) is 0. The Balaban J connectivity index is 1.90. The maximum absolute atomic E-state index is 9.50. The molecule has 2 heterocycles. The number of rotatable bonds is 5. The summed E-state index contributed by atoms with van der Waals surface area (Å²) in [6, 6.07) is 12.0. The molecule has 0 aliphatic carbocycles. The number of nitriles is 1. The van der Waals surface area contributed by atoms with Crippen LogP contribution in [0.15, 0.2) is 45.6 Å². The first-order chi connectivity index (χ1) is 11.7. The summed E-state index contributed by atoms with van der Waals surface area (Å²) in [5.74, 6) is 0.794. The molecule has 0 aliphatic heterocycles. The Hall–Kier alpha value is -1.94. The zero-order valence-electron chi connectivity index (χ0n) is 12.8. The van der Waals surface area contributed by atoms with Gasteiger partial charge in [0.2, 0.25) is 0 Å². The molecule has 24 heavy (non-hydrogen) atoms. The monoisotopic (exact) mass is 416 g/mol. The van der Waals surface area contributed by atoms with Crippen molar-refractivity contribution in [3.8, 4) is 22.4 Å². The molecule has 3 rings (SSSR count). The molecular formula is C18H13BrN2OS2. The molecule has 0 bridgehead atoms. The van der Waals surface area contributed by atoms with Gasteiger partial charge in [-0.05, 0) is 58.1 Å². The molecule has 2 aromatic heterocycles. The van der Waals surface area contributed by atoms with Crippen molar-refractivity contribution in [1.29, 1.82) is 5.26 Å². The first kappa shape index (κ1) is 16.9. The minimum Gasteiger partial charge on any atom is -0.493 e. The molecule has 0 saturated carbocycles. The third kappa shape index (κ3) is 3.75. The molecule has 0 unspecified atom stereocenters. The van der Waals surface area contributed by atoms with Crippen molar-refractivity contribution in [1.82, 2.24) is 4.98 Å². The number of thiophene rings is 1. The van der Waals surface area contributed by atoms with Gasteiger partial charge in [-0.1, -0.05) is 12.1 Å². The molecule has 1 aromatic carbocycles. The van der Waals surface area contributed by atoms with Crippen LogP contribution in [0.1, 0.15) is 17.5 Å². The second kappa shape index (κ2) is 7.75. The van der Waals surface area contributed by atoms with Crippen LogP contribution in [0.5, 0.6) is 5.75 Å². The average molecular weight is 417 g/mol. The number of halogens is 1. The standard InChI is InChI=1S/C18H13BrN2OS2/c1-2-22-16-6-5-12(9-14(16)19)8-13(10-20)18-21-15(11-24-18)17-4-3-7-23-17/h3-9,11H,2H2,1H3/b13-8-. The Morgan fingerprint density at radius 1 is 1.38 bits per heavy atom. The highest BCUT2D eigenvalue weighted by Crippen LogP contribution is 2.31. The van der Waals surface area contributed by atoms with Gasteiger partial charge < -0.3 is 4.74 Å². The number of hydrogen-bond donors (Lipinski definition) is 0. The molecule has 0 aliphatic rings. The Morgan fingerprint density at radius 3 is 2.92 bits per heavy atom. The van der Waals surface area contributed by atoms with Crippen molar-refractivity contribution in [2.24, 2.45) is 0 Å². The van der Waals surface area contributed by atoms with Gasteiger partial charge in [0.25, 0.3) is 0 Å². The van der Waals surface area contributed by atoms with E-state index in [1.807, 2.05) is 54.1 Å². The van der Waals surface area contributed by atoms with Crippen molar-refractivity contribution in [3.05, 3.63) is 56.1 Å². The number of thiazole rings is 1. The Kier molecular flexibility index (Phi) is 5.46. The summed E-state index contributed by atoms with van der Waals surface area (Å²) in [6.45, 7) is 2.56. The maximum Gasteiger partial charge on any atom is 0.134 e. The van der Waals surface area contributed by atoms with Crippen LogP contribution in [0.2, 0.25) is 0 Å². The van der Waals surface area contributed by atoms with Crippen LogP contribution in [0.25, 0.3) is 22.2 Å². The van der Waals surface area contributed by atoms with Crippen molar-refractivity contribution in [3.63, 3.8) is 0 Å². The van der Waals surface area contributed by atoms with Crippen LogP contribution < -0.4 is 4.74 Å². The molecule has 0 atom stereocenters. The van der Waals surface area contributed by atoms with E-state index in [4.69, 9.17) is 4.74 Å². The van der Waals surface area contributed by atoms with Crippen LogP contribution >= 0.6 is 38.6 Å². The zero-order valence-corrected chi connectivity index (χ0v) is 16.0. The summed E-state index contributed by atoms with van der Waals surface area (Å²) in [5.41, 5.74) is 2.40. The summed E-state index contributed by atoms with van der Waals surface area (Å²) in [6.07, 6.45) is 1.84. The van der Waals surface area contributed by atoms with Crippen LogP contribution in [0, 0.1) is 11.3 Å². The minimum absolute atomic E-state index is 0.555. The fourth-order valence-corrected chi connectivity index (χ4v) is 4.18. The fraction of sp³-hybridized carbons (Fsp3) is 0.111. The van der Waals surface area contributed by atoms with E-state index in [0.717, 1.165) is 31.4 Å². The molecule has 3 nitrogen and oxygen atoms in total. The predicted octanol–water partition coefficient (Wildman–Crippen LogP) is 6.10. The normalized spacial score (nSPS) is 11.3. The summed E-state index contributed by atoms with van der Waals surface area (Å²) < 4.78 is 6.38. The fourth-order valence-electron chi connectivity index (χ4n) is 2.12.